The van der Waals surface area contributed by atoms with Gasteiger partial charge in [0.05, 0.1) is 0 Å². The minimum atomic E-state index is -2.92. The van der Waals surface area contributed by atoms with Crippen molar-refractivity contribution in [3.05, 3.63) is 0 Å². The Balaban J connectivity index is 2.62. The zero-order chi connectivity index (χ0) is 18.2. The molecule has 0 aromatic carbocycles. The van der Waals surface area contributed by atoms with Crippen LogP contribution in [0, 0.1) is 0 Å². The maximum absolute atomic E-state index is 11.4. The second-order valence-electron chi connectivity index (χ2n) is 5.42. The largest absolute Gasteiger partial charge is 0.530 e. The van der Waals surface area contributed by atoms with Crippen LogP contribution >= 0.6 is 0 Å². The number of carbonyl (C=O) groups excluding carboxylic acids is 1. The normalized spacial score (nSPS) is 22.9. The Morgan fingerprint density at radius 3 is 2.08 bits per heavy atom. The van der Waals surface area contributed by atoms with Crippen LogP contribution in [0.1, 0.15) is 40.0 Å². The average molecular weight is 366 g/mol. The number of ether oxygens (including phenoxy) is 4. The Bertz CT molecular complexity index is 375. The van der Waals surface area contributed by atoms with Gasteiger partial charge in [0.15, 0.2) is 0 Å². The molecule has 0 radical (unpaired) electrons. The molecular formula is C15H30O8Si. The van der Waals surface area contributed by atoms with E-state index >= 15 is 0 Å². The van der Waals surface area contributed by atoms with E-state index in [9.17, 15) is 4.79 Å². The van der Waals surface area contributed by atoms with E-state index in [1.54, 1.807) is 28.3 Å². The summed E-state index contributed by atoms with van der Waals surface area (Å²) >= 11 is 0. The molecule has 1 heterocycles. The molecule has 3 atom stereocenters. The van der Waals surface area contributed by atoms with Gasteiger partial charge in [0.2, 0.25) is 12.1 Å². The first kappa shape index (κ1) is 21.5. The fourth-order valence-electron chi connectivity index (χ4n) is 2.27. The molecule has 9 heteroatoms. The van der Waals surface area contributed by atoms with Gasteiger partial charge in [-0.25, -0.2) is 0 Å². The minimum absolute atomic E-state index is 0.177. The van der Waals surface area contributed by atoms with Crippen molar-refractivity contribution in [3.8, 4) is 0 Å². The fourth-order valence-corrected chi connectivity index (χ4v) is 4.34. The molecule has 0 bridgehead atoms. The van der Waals surface area contributed by atoms with Gasteiger partial charge in [-0.3, -0.25) is 4.79 Å². The monoisotopic (exact) mass is 366 g/mol. The Morgan fingerprint density at radius 2 is 1.71 bits per heavy atom. The Kier molecular flexibility index (Phi) is 8.78. The van der Waals surface area contributed by atoms with Crippen LogP contribution in [-0.4, -0.2) is 67.1 Å². The van der Waals surface area contributed by atoms with Gasteiger partial charge in [-0.2, -0.15) is 0 Å². The number of rotatable bonds is 13. The van der Waals surface area contributed by atoms with E-state index in [1.165, 1.54) is 0 Å². The predicted octanol–water partition coefficient (Wildman–Crippen LogP) is 1.63. The van der Waals surface area contributed by atoms with Gasteiger partial charge < -0.3 is 32.2 Å². The number of carbonyl (C=O) groups is 1. The summed E-state index contributed by atoms with van der Waals surface area (Å²) in [6.45, 7) is 6.13. The highest BCUT2D eigenvalue weighted by atomic mass is 28.4. The fraction of sp³-hybridized carbons (Fsp3) is 0.933. The van der Waals surface area contributed by atoms with Gasteiger partial charge in [0.1, 0.15) is 18.9 Å². The molecule has 0 N–H and O–H groups in total. The van der Waals surface area contributed by atoms with E-state index in [0.717, 1.165) is 0 Å². The van der Waals surface area contributed by atoms with Crippen LogP contribution in [0.4, 0.5) is 0 Å². The molecule has 1 aliphatic heterocycles. The van der Waals surface area contributed by atoms with Crippen molar-refractivity contribution in [1.82, 2.24) is 0 Å². The molecule has 1 rings (SSSR count). The molecule has 0 aromatic heterocycles. The summed E-state index contributed by atoms with van der Waals surface area (Å²) in [5.41, 5.74) is -0.347. The smallest absolute Gasteiger partial charge is 0.436 e. The molecule has 0 aromatic rings. The van der Waals surface area contributed by atoms with Crippen LogP contribution in [0.25, 0.3) is 0 Å². The zero-order valence-electron chi connectivity index (χ0n) is 15.5. The molecule has 1 saturated heterocycles. The average Bonchev–Trinajstić information content (AvgIpc) is 3.38. The summed E-state index contributed by atoms with van der Waals surface area (Å²) < 4.78 is 38.7. The second-order valence-corrected chi connectivity index (χ2v) is 8.50. The van der Waals surface area contributed by atoms with Gasteiger partial charge in [-0.15, -0.1) is 0 Å². The second kappa shape index (κ2) is 9.81. The molecular weight excluding hydrogens is 336 g/mol. The zero-order valence-corrected chi connectivity index (χ0v) is 16.5. The molecule has 0 amide bonds. The number of epoxide rings is 1. The van der Waals surface area contributed by atoms with Gasteiger partial charge in [0, 0.05) is 34.2 Å². The molecule has 1 aliphatic rings. The van der Waals surface area contributed by atoms with Gasteiger partial charge in [0.25, 0.3) is 0 Å². The molecule has 1 fully saturated rings. The topological polar surface area (TPSA) is 85.0 Å². The van der Waals surface area contributed by atoms with E-state index in [0.29, 0.717) is 25.9 Å². The van der Waals surface area contributed by atoms with Crippen molar-refractivity contribution in [3.63, 3.8) is 0 Å². The van der Waals surface area contributed by atoms with Gasteiger partial charge in [-0.1, -0.05) is 20.8 Å². The van der Waals surface area contributed by atoms with Crippen LogP contribution in [0.2, 0.25) is 0 Å². The van der Waals surface area contributed by atoms with E-state index < -0.39 is 20.9 Å². The lowest BCUT2D eigenvalue weighted by atomic mass is 10.4. The molecule has 3 unspecified atom stereocenters. The maximum Gasteiger partial charge on any atom is 0.530 e. The van der Waals surface area contributed by atoms with Crippen LogP contribution in [0.3, 0.4) is 0 Å². The summed E-state index contributed by atoms with van der Waals surface area (Å²) in [6, 6.07) is 0. The van der Waals surface area contributed by atoms with E-state index in [-0.39, 0.29) is 18.3 Å². The first-order valence-electron chi connectivity index (χ1n) is 8.23. The first-order valence-corrected chi connectivity index (χ1v) is 10.0. The quantitative estimate of drug-likeness (QED) is 0.210. The van der Waals surface area contributed by atoms with Crippen LogP contribution < -0.4 is 0 Å². The van der Waals surface area contributed by atoms with Crippen molar-refractivity contribution in [2.24, 2.45) is 0 Å². The Hall–Kier alpha value is -0.553. The first-order chi connectivity index (χ1) is 11.4. The summed E-state index contributed by atoms with van der Waals surface area (Å²) in [5, 5.41) is 0. The SMILES string of the molecule is CCC(=O)OC(CC)OC1(COC(CC)[Si](OC)(OC)OC)CO1. The Morgan fingerprint density at radius 1 is 1.12 bits per heavy atom. The lowest BCUT2D eigenvalue weighted by Gasteiger charge is -2.32. The van der Waals surface area contributed by atoms with Crippen molar-refractivity contribution in [2.45, 2.75) is 57.8 Å². The summed E-state index contributed by atoms with van der Waals surface area (Å²) in [7, 11) is 1.71. The van der Waals surface area contributed by atoms with E-state index in [1.807, 2.05) is 13.8 Å². The lowest BCUT2D eigenvalue weighted by Crippen LogP contribution is -2.56. The molecule has 142 valence electrons. The van der Waals surface area contributed by atoms with Crippen molar-refractivity contribution in [2.75, 3.05) is 34.5 Å². The van der Waals surface area contributed by atoms with Crippen molar-refractivity contribution in [1.29, 1.82) is 0 Å². The van der Waals surface area contributed by atoms with Crippen molar-refractivity contribution < 1.29 is 37.0 Å². The van der Waals surface area contributed by atoms with Crippen molar-refractivity contribution >= 4 is 14.8 Å². The summed E-state index contributed by atoms with van der Waals surface area (Å²) in [6.07, 6.45) is 0.824. The molecule has 8 nitrogen and oxygen atoms in total. The minimum Gasteiger partial charge on any atom is -0.436 e. The molecule has 0 spiro atoms. The van der Waals surface area contributed by atoms with E-state index in [4.69, 9.17) is 32.2 Å². The number of hydrogen-bond donors (Lipinski definition) is 0. The maximum atomic E-state index is 11.4. The third-order valence-electron chi connectivity index (χ3n) is 3.82. The third kappa shape index (κ3) is 5.48. The van der Waals surface area contributed by atoms with Crippen LogP contribution in [0.15, 0.2) is 0 Å². The Labute approximate surface area is 145 Å². The molecule has 0 saturated carbocycles. The number of esters is 1. The van der Waals surface area contributed by atoms with Crippen LogP contribution in [0.5, 0.6) is 0 Å². The highest BCUT2D eigenvalue weighted by Crippen LogP contribution is 2.33. The lowest BCUT2D eigenvalue weighted by molar-refractivity contribution is -0.223. The highest BCUT2D eigenvalue weighted by Gasteiger charge is 2.53. The molecule has 0 aliphatic carbocycles. The van der Waals surface area contributed by atoms with Gasteiger partial charge >= 0.3 is 14.8 Å². The third-order valence-corrected chi connectivity index (χ3v) is 6.89. The highest BCUT2D eigenvalue weighted by molar-refractivity contribution is 6.62. The predicted molar refractivity (Wildman–Crippen MR) is 87.0 cm³/mol. The summed E-state index contributed by atoms with van der Waals surface area (Å²) in [5.74, 6) is -1.20. The van der Waals surface area contributed by atoms with Gasteiger partial charge in [-0.05, 0) is 6.42 Å². The number of hydrogen-bond acceptors (Lipinski definition) is 8. The van der Waals surface area contributed by atoms with Crippen LogP contribution in [-0.2, 0) is 37.0 Å². The van der Waals surface area contributed by atoms with E-state index in [2.05, 4.69) is 0 Å². The summed E-state index contributed by atoms with van der Waals surface area (Å²) in [4.78, 5) is 11.4. The standard InChI is InChI=1S/C15H30O8Si/c1-7-12(16)22-13(8-2)23-15(11-21-15)10-20-14(9-3)24(17-4,18-5)19-6/h13-14H,7-11H2,1-6H3. The molecule has 24 heavy (non-hydrogen) atoms.